The van der Waals surface area contributed by atoms with Gasteiger partial charge in [0.2, 0.25) is 0 Å². The minimum atomic E-state index is -4.60. The Morgan fingerprint density at radius 1 is 1.34 bits per heavy atom. The van der Waals surface area contributed by atoms with Crippen LogP contribution >= 0.6 is 0 Å². The number of aromatic amines is 1. The number of hydrogen-bond donors (Lipinski definition) is 2. The number of nitrogens with two attached hydrogens (primary N) is 1. The Balaban J connectivity index is 1.49. The molecule has 0 radical (unpaired) electrons. The van der Waals surface area contributed by atoms with Crippen molar-refractivity contribution in [3.8, 4) is 11.3 Å². The first-order chi connectivity index (χ1) is 15.7. The van der Waals surface area contributed by atoms with Gasteiger partial charge in [0.15, 0.2) is 0 Å². The van der Waals surface area contributed by atoms with Gasteiger partial charge in [-0.1, -0.05) is 6.92 Å². The fourth-order valence-electron chi connectivity index (χ4n) is 4.64. The van der Waals surface area contributed by atoms with Crippen LogP contribution < -0.4 is 5.73 Å². The topological polar surface area (TPSA) is 97.9 Å². The van der Waals surface area contributed by atoms with Crippen LogP contribution in [0.1, 0.15) is 44.2 Å². The lowest BCUT2D eigenvalue weighted by atomic mass is 9.96. The molecule has 1 fully saturated rings. The number of halogens is 3. The molecular weight excluding hydrogens is 423 g/mol. The third-order valence-corrected chi connectivity index (χ3v) is 6.17. The van der Waals surface area contributed by atoms with Crippen molar-refractivity contribution >= 4 is 5.82 Å². The molecule has 0 aliphatic carbocycles. The van der Waals surface area contributed by atoms with Crippen molar-refractivity contribution in [1.29, 1.82) is 0 Å². The number of pyridine rings is 1. The van der Waals surface area contributed by atoms with Crippen LogP contribution in [0.2, 0.25) is 0 Å². The molecule has 32 heavy (non-hydrogen) atoms. The molecule has 11 heteroatoms. The van der Waals surface area contributed by atoms with E-state index in [0.717, 1.165) is 11.8 Å². The molecule has 2 aliphatic heterocycles. The van der Waals surface area contributed by atoms with E-state index >= 15 is 0 Å². The summed E-state index contributed by atoms with van der Waals surface area (Å²) < 4.78 is 57.1. The molecule has 2 atom stereocenters. The van der Waals surface area contributed by atoms with E-state index in [4.69, 9.17) is 11.8 Å². The summed E-state index contributed by atoms with van der Waals surface area (Å²) in [5.74, 6) is 0.00502. The number of nitrogens with zero attached hydrogens (tertiary/aromatic N) is 5. The number of imidazole rings is 1. The molecule has 8 nitrogen and oxygen atoms in total. The first-order valence-corrected chi connectivity index (χ1v) is 10.5. The van der Waals surface area contributed by atoms with Gasteiger partial charge >= 0.3 is 6.18 Å². The van der Waals surface area contributed by atoms with Crippen LogP contribution in [-0.2, 0) is 23.1 Å². The van der Waals surface area contributed by atoms with E-state index in [1.807, 2.05) is 11.8 Å². The number of H-pyrrole nitrogens is 1. The van der Waals surface area contributed by atoms with Gasteiger partial charge in [0, 0.05) is 37.2 Å². The zero-order valence-electron chi connectivity index (χ0n) is 18.5. The van der Waals surface area contributed by atoms with Crippen molar-refractivity contribution in [2.45, 2.75) is 44.1 Å². The fraction of sp³-hybridized carbons (Fsp3) is 0.476. The molecule has 0 amide bonds. The molecule has 1 spiro atoms. The van der Waals surface area contributed by atoms with Gasteiger partial charge in [-0.15, -0.1) is 0 Å². The first kappa shape index (κ1) is 19.7. The summed E-state index contributed by atoms with van der Waals surface area (Å²) >= 11 is 0. The Morgan fingerprint density at radius 3 is 2.91 bits per heavy atom. The second-order valence-corrected chi connectivity index (χ2v) is 8.04. The van der Waals surface area contributed by atoms with E-state index in [1.165, 1.54) is 6.20 Å². The number of nitrogen functional groups attached to an aromatic ring is 1. The van der Waals surface area contributed by atoms with E-state index in [0.29, 0.717) is 50.6 Å². The van der Waals surface area contributed by atoms with Gasteiger partial charge in [-0.2, -0.15) is 18.3 Å². The fourth-order valence-corrected chi connectivity index (χ4v) is 4.64. The van der Waals surface area contributed by atoms with Gasteiger partial charge in [-0.05, 0) is 25.0 Å². The zero-order valence-corrected chi connectivity index (χ0v) is 17.5. The molecule has 170 valence electrons. The predicted octanol–water partition coefficient (Wildman–Crippen LogP) is 3.35. The molecule has 0 aromatic carbocycles. The highest BCUT2D eigenvalue weighted by Crippen LogP contribution is 2.43. The number of ether oxygens (including phenoxy) is 1. The third-order valence-electron chi connectivity index (χ3n) is 6.17. The standard InChI is InChI=1S/C21H24F3N7O/c1-2-16(19-26-4-5-27-19)30-6-3-20(12-30)17-10-15(29-31(17)7-8-32-20)13-9-14(21(22,23)24)18(25)28-11-13/h4-5,9-11,16H,2-3,6-8,12H2,1H3,(H2,25,28)(H,26,27)/t16?,20-/m1/s1/i16D. The van der Waals surface area contributed by atoms with Gasteiger partial charge < -0.3 is 15.5 Å². The van der Waals surface area contributed by atoms with Gasteiger partial charge in [-0.3, -0.25) is 9.58 Å². The number of aromatic nitrogens is 5. The summed E-state index contributed by atoms with van der Waals surface area (Å²) in [5.41, 5.74) is 5.17. The number of likely N-dealkylation sites (tertiary alicyclic amines) is 1. The largest absolute Gasteiger partial charge is 0.419 e. The summed E-state index contributed by atoms with van der Waals surface area (Å²) in [6.07, 6.45) is 1.19. The van der Waals surface area contributed by atoms with Crippen LogP contribution in [-0.4, -0.2) is 49.3 Å². The molecular formula is C21H24F3N7O. The average Bonchev–Trinajstić information content (AvgIpc) is 3.53. The van der Waals surface area contributed by atoms with Crippen molar-refractivity contribution in [2.75, 3.05) is 25.4 Å². The minimum Gasteiger partial charge on any atom is -0.383 e. The Bertz CT molecular complexity index is 1170. The number of hydrogen-bond acceptors (Lipinski definition) is 6. The number of anilines is 1. The lowest BCUT2D eigenvalue weighted by molar-refractivity contribution is -0.137. The van der Waals surface area contributed by atoms with Crippen LogP contribution in [0.25, 0.3) is 11.3 Å². The molecule has 0 bridgehead atoms. The summed E-state index contributed by atoms with van der Waals surface area (Å²) in [4.78, 5) is 13.1. The van der Waals surface area contributed by atoms with Crippen molar-refractivity contribution in [1.82, 2.24) is 29.6 Å². The Labute approximate surface area is 184 Å². The van der Waals surface area contributed by atoms with Crippen molar-refractivity contribution in [3.05, 3.63) is 47.8 Å². The van der Waals surface area contributed by atoms with Crippen molar-refractivity contribution in [3.63, 3.8) is 0 Å². The summed E-state index contributed by atoms with van der Waals surface area (Å²) in [5, 5.41) is 4.55. The van der Waals surface area contributed by atoms with Gasteiger partial charge in [0.1, 0.15) is 17.2 Å². The van der Waals surface area contributed by atoms with Gasteiger partial charge in [0.05, 0.1) is 37.5 Å². The highest BCUT2D eigenvalue weighted by atomic mass is 19.4. The van der Waals surface area contributed by atoms with E-state index in [1.54, 1.807) is 23.1 Å². The lowest BCUT2D eigenvalue weighted by Crippen LogP contribution is -2.41. The Kier molecular flexibility index (Phi) is 4.68. The minimum absolute atomic E-state index is 0.238. The molecule has 3 N–H and O–H groups in total. The first-order valence-electron chi connectivity index (χ1n) is 11.0. The SMILES string of the molecule is [2H]C(CC)(c1ncc[nH]1)N1CC[C@]2(C1)OCCn1nc(-c3cnc(N)c(C(F)(F)F)c3)cc12. The number of alkyl halides is 3. The van der Waals surface area contributed by atoms with Crippen molar-refractivity contribution < 1.29 is 19.3 Å². The molecule has 3 aromatic heterocycles. The van der Waals surface area contributed by atoms with Gasteiger partial charge in [-0.25, -0.2) is 9.97 Å². The second kappa shape index (κ2) is 7.59. The van der Waals surface area contributed by atoms with Crippen LogP contribution in [0.3, 0.4) is 0 Å². The highest BCUT2D eigenvalue weighted by Gasteiger charge is 2.47. The van der Waals surface area contributed by atoms with Crippen LogP contribution in [0.5, 0.6) is 0 Å². The van der Waals surface area contributed by atoms with Crippen LogP contribution in [0.4, 0.5) is 19.0 Å². The number of rotatable bonds is 4. The lowest BCUT2D eigenvalue weighted by Gasteiger charge is -2.35. The molecule has 5 rings (SSSR count). The van der Waals surface area contributed by atoms with Crippen molar-refractivity contribution in [2.24, 2.45) is 0 Å². The Morgan fingerprint density at radius 2 is 2.19 bits per heavy atom. The molecule has 0 saturated carbocycles. The predicted molar refractivity (Wildman–Crippen MR) is 110 cm³/mol. The van der Waals surface area contributed by atoms with E-state index in [-0.39, 0.29) is 5.56 Å². The van der Waals surface area contributed by atoms with E-state index in [9.17, 15) is 13.2 Å². The number of nitrogens with one attached hydrogen (secondary N) is 1. The molecule has 3 aromatic rings. The quantitative estimate of drug-likeness (QED) is 0.635. The van der Waals surface area contributed by atoms with E-state index in [2.05, 4.69) is 20.1 Å². The third kappa shape index (κ3) is 3.45. The maximum atomic E-state index is 13.3. The summed E-state index contributed by atoms with van der Waals surface area (Å²) in [6.45, 7) is 3.92. The molecule has 1 unspecified atom stereocenters. The van der Waals surface area contributed by atoms with Crippen LogP contribution in [0.15, 0.2) is 30.7 Å². The molecule has 1 saturated heterocycles. The maximum Gasteiger partial charge on any atom is 0.419 e. The van der Waals surface area contributed by atoms with Gasteiger partial charge in [0.25, 0.3) is 0 Å². The smallest absolute Gasteiger partial charge is 0.383 e. The zero-order chi connectivity index (χ0) is 23.4. The highest BCUT2D eigenvalue weighted by molar-refractivity contribution is 5.63. The maximum absolute atomic E-state index is 13.3. The second-order valence-electron chi connectivity index (χ2n) is 8.04. The number of fused-ring (bicyclic) bond motifs is 2. The average molecular weight is 448 g/mol. The molecule has 2 aliphatic rings. The summed E-state index contributed by atoms with van der Waals surface area (Å²) in [7, 11) is 0. The molecule has 5 heterocycles. The van der Waals surface area contributed by atoms with E-state index < -0.39 is 29.2 Å². The van der Waals surface area contributed by atoms with Crippen LogP contribution in [0, 0.1) is 0 Å². The Hall–Kier alpha value is -2.92. The normalized spacial score (nSPS) is 23.8. The summed E-state index contributed by atoms with van der Waals surface area (Å²) in [6, 6.07) is 1.71. The monoisotopic (exact) mass is 448 g/mol.